The fraction of sp³-hybridized carbons (Fsp3) is 0.600. The SMILES string of the molecule is C=CC(C)CC=C(C)CC=CC[Si](C)(C)C. The van der Waals surface area contributed by atoms with E-state index >= 15 is 0 Å². The highest BCUT2D eigenvalue weighted by molar-refractivity contribution is 6.76. The summed E-state index contributed by atoms with van der Waals surface area (Å²) < 4.78 is 0. The van der Waals surface area contributed by atoms with Crippen LogP contribution in [0.15, 0.2) is 36.5 Å². The summed E-state index contributed by atoms with van der Waals surface area (Å²) in [5.41, 5.74) is 1.47. The van der Waals surface area contributed by atoms with Crippen LogP contribution in [0.4, 0.5) is 0 Å². The third-order valence-electron chi connectivity index (χ3n) is 2.58. The van der Waals surface area contributed by atoms with Crippen molar-refractivity contribution in [2.45, 2.75) is 52.4 Å². The van der Waals surface area contributed by atoms with Crippen molar-refractivity contribution in [2.75, 3.05) is 0 Å². The topological polar surface area (TPSA) is 0 Å². The van der Waals surface area contributed by atoms with Gasteiger partial charge in [-0.15, -0.1) is 6.58 Å². The van der Waals surface area contributed by atoms with Crippen molar-refractivity contribution in [1.82, 2.24) is 0 Å². The van der Waals surface area contributed by atoms with Gasteiger partial charge in [-0.2, -0.15) is 0 Å². The Labute approximate surface area is 103 Å². The third kappa shape index (κ3) is 9.97. The van der Waals surface area contributed by atoms with Crippen LogP contribution in [0.2, 0.25) is 25.7 Å². The molecule has 0 heterocycles. The van der Waals surface area contributed by atoms with Gasteiger partial charge in [-0.1, -0.05) is 56.4 Å². The first-order valence-corrected chi connectivity index (χ1v) is 9.99. The Hall–Kier alpha value is -0.563. The first kappa shape index (κ1) is 15.4. The molecule has 0 aliphatic rings. The molecule has 1 atom stereocenters. The molecule has 0 saturated heterocycles. The second-order valence-electron chi connectivity index (χ2n) is 5.94. The standard InChI is InChI=1S/C15H28Si/c1-7-14(2)11-12-15(3)10-8-9-13-16(4,5)6/h7-9,12,14H,1,10-11,13H2,2-6H3. The second-order valence-corrected chi connectivity index (χ2v) is 11.5. The van der Waals surface area contributed by atoms with Gasteiger partial charge in [0.2, 0.25) is 0 Å². The Bertz CT molecular complexity index is 253. The molecule has 16 heavy (non-hydrogen) atoms. The maximum atomic E-state index is 3.80. The van der Waals surface area contributed by atoms with Gasteiger partial charge in [0.15, 0.2) is 0 Å². The lowest BCUT2D eigenvalue weighted by molar-refractivity contribution is 0.741. The van der Waals surface area contributed by atoms with Crippen LogP contribution in [0.25, 0.3) is 0 Å². The third-order valence-corrected chi connectivity index (χ3v) is 4.04. The van der Waals surface area contributed by atoms with Crippen molar-refractivity contribution in [3.63, 3.8) is 0 Å². The second kappa shape index (κ2) is 7.67. The summed E-state index contributed by atoms with van der Waals surface area (Å²) in [5, 5.41) is 0. The van der Waals surface area contributed by atoms with Crippen molar-refractivity contribution in [1.29, 1.82) is 0 Å². The van der Waals surface area contributed by atoms with E-state index in [9.17, 15) is 0 Å². The minimum Gasteiger partial charge on any atom is -0.103 e. The summed E-state index contributed by atoms with van der Waals surface area (Å²) in [5.74, 6) is 0.598. The molecule has 0 spiro atoms. The molecule has 0 aliphatic heterocycles. The molecule has 0 aromatic rings. The molecule has 0 bridgehead atoms. The molecular formula is C15H28Si. The lowest BCUT2D eigenvalue weighted by atomic mass is 10.1. The Morgan fingerprint density at radius 3 is 2.38 bits per heavy atom. The summed E-state index contributed by atoms with van der Waals surface area (Å²) in [6, 6.07) is 1.29. The van der Waals surface area contributed by atoms with Gasteiger partial charge in [-0.05, 0) is 31.7 Å². The van der Waals surface area contributed by atoms with Crippen LogP contribution in [0, 0.1) is 5.92 Å². The molecule has 0 aromatic carbocycles. The Balaban J connectivity index is 3.88. The van der Waals surface area contributed by atoms with Crippen LogP contribution < -0.4 is 0 Å². The highest BCUT2D eigenvalue weighted by atomic mass is 28.3. The lowest BCUT2D eigenvalue weighted by Gasteiger charge is -2.11. The molecule has 0 aromatic heterocycles. The number of hydrogen-bond donors (Lipinski definition) is 0. The molecule has 0 aliphatic carbocycles. The fourth-order valence-corrected chi connectivity index (χ4v) is 2.15. The maximum Gasteiger partial charge on any atom is 0.0480 e. The van der Waals surface area contributed by atoms with E-state index in [1.807, 2.05) is 6.08 Å². The minimum absolute atomic E-state index is 0.598. The van der Waals surface area contributed by atoms with Crippen LogP contribution in [-0.2, 0) is 0 Å². The van der Waals surface area contributed by atoms with E-state index in [4.69, 9.17) is 0 Å². The first-order valence-electron chi connectivity index (χ1n) is 6.28. The zero-order chi connectivity index (χ0) is 12.6. The highest BCUT2D eigenvalue weighted by Gasteiger charge is 2.08. The molecular weight excluding hydrogens is 208 g/mol. The van der Waals surface area contributed by atoms with Crippen molar-refractivity contribution >= 4 is 8.07 Å². The van der Waals surface area contributed by atoms with Gasteiger partial charge in [0.25, 0.3) is 0 Å². The molecule has 0 rings (SSSR count). The lowest BCUT2D eigenvalue weighted by Crippen LogP contribution is -2.17. The van der Waals surface area contributed by atoms with Gasteiger partial charge in [-0.25, -0.2) is 0 Å². The van der Waals surface area contributed by atoms with E-state index in [0.29, 0.717) is 5.92 Å². The molecule has 92 valence electrons. The molecule has 0 N–H and O–H groups in total. The molecule has 0 nitrogen and oxygen atoms in total. The molecule has 0 amide bonds. The van der Waals surface area contributed by atoms with Gasteiger partial charge in [0, 0.05) is 8.07 Å². The average Bonchev–Trinajstić information content (AvgIpc) is 2.19. The summed E-state index contributed by atoms with van der Waals surface area (Å²) in [4.78, 5) is 0. The van der Waals surface area contributed by atoms with Crippen LogP contribution in [0.1, 0.15) is 26.7 Å². The summed E-state index contributed by atoms with van der Waals surface area (Å²) in [7, 11) is -0.891. The van der Waals surface area contributed by atoms with Gasteiger partial charge >= 0.3 is 0 Å². The van der Waals surface area contributed by atoms with Crippen molar-refractivity contribution in [3.05, 3.63) is 36.5 Å². The number of hydrogen-bond acceptors (Lipinski definition) is 0. The smallest absolute Gasteiger partial charge is 0.0480 e. The van der Waals surface area contributed by atoms with Crippen LogP contribution in [0.3, 0.4) is 0 Å². The zero-order valence-corrected chi connectivity index (χ0v) is 12.7. The molecule has 1 unspecified atom stereocenters. The van der Waals surface area contributed by atoms with Gasteiger partial charge in [0.1, 0.15) is 0 Å². The van der Waals surface area contributed by atoms with Crippen molar-refractivity contribution in [2.24, 2.45) is 5.92 Å². The van der Waals surface area contributed by atoms with E-state index in [-0.39, 0.29) is 0 Å². The van der Waals surface area contributed by atoms with Gasteiger partial charge in [-0.3, -0.25) is 0 Å². The Morgan fingerprint density at radius 1 is 1.25 bits per heavy atom. The van der Waals surface area contributed by atoms with Crippen molar-refractivity contribution in [3.8, 4) is 0 Å². The highest BCUT2D eigenvalue weighted by Crippen LogP contribution is 2.12. The van der Waals surface area contributed by atoms with E-state index in [0.717, 1.165) is 12.8 Å². The molecule has 1 heteroatoms. The van der Waals surface area contributed by atoms with Crippen LogP contribution in [0.5, 0.6) is 0 Å². The monoisotopic (exact) mass is 236 g/mol. The fourth-order valence-electron chi connectivity index (χ4n) is 1.27. The number of allylic oxidation sites excluding steroid dienone is 5. The Kier molecular flexibility index (Phi) is 7.40. The molecule has 0 saturated carbocycles. The van der Waals surface area contributed by atoms with Crippen molar-refractivity contribution < 1.29 is 0 Å². The summed E-state index contributed by atoms with van der Waals surface area (Å²) in [6.45, 7) is 15.5. The van der Waals surface area contributed by atoms with E-state index < -0.39 is 8.07 Å². The molecule has 0 radical (unpaired) electrons. The average molecular weight is 236 g/mol. The maximum absolute atomic E-state index is 3.80. The minimum atomic E-state index is -0.891. The quantitative estimate of drug-likeness (QED) is 0.408. The van der Waals surface area contributed by atoms with Gasteiger partial charge < -0.3 is 0 Å². The normalized spacial score (nSPS) is 15.4. The zero-order valence-electron chi connectivity index (χ0n) is 11.7. The number of rotatable bonds is 7. The summed E-state index contributed by atoms with van der Waals surface area (Å²) in [6.07, 6.45) is 11.3. The Morgan fingerprint density at radius 2 is 1.88 bits per heavy atom. The largest absolute Gasteiger partial charge is 0.103 e. The predicted octanol–water partition coefficient (Wildman–Crippen LogP) is 5.43. The predicted molar refractivity (Wildman–Crippen MR) is 79.6 cm³/mol. The molecule has 0 fully saturated rings. The van der Waals surface area contributed by atoms with E-state index in [1.54, 1.807) is 0 Å². The first-order chi connectivity index (χ1) is 7.35. The van der Waals surface area contributed by atoms with E-state index in [2.05, 4.69) is 58.3 Å². The van der Waals surface area contributed by atoms with Gasteiger partial charge in [0.05, 0.1) is 0 Å². The summed E-state index contributed by atoms with van der Waals surface area (Å²) >= 11 is 0. The van der Waals surface area contributed by atoms with Crippen LogP contribution >= 0.6 is 0 Å². The van der Waals surface area contributed by atoms with E-state index in [1.165, 1.54) is 11.6 Å². The van der Waals surface area contributed by atoms with Crippen LogP contribution in [-0.4, -0.2) is 8.07 Å².